The van der Waals surface area contributed by atoms with Crippen molar-refractivity contribution in [2.45, 2.75) is 25.2 Å². The number of benzene rings is 1. The highest BCUT2D eigenvalue weighted by atomic mass is 32.1. The van der Waals surface area contributed by atoms with Crippen molar-refractivity contribution in [1.82, 2.24) is 15.0 Å². The third-order valence-corrected chi connectivity index (χ3v) is 6.88. The van der Waals surface area contributed by atoms with Crippen molar-refractivity contribution in [2.24, 2.45) is 0 Å². The van der Waals surface area contributed by atoms with Crippen LogP contribution in [0.2, 0.25) is 0 Å². The van der Waals surface area contributed by atoms with Crippen LogP contribution in [0.5, 0.6) is 5.75 Å². The molecule has 2 aromatic heterocycles. The molecule has 0 saturated carbocycles. The highest BCUT2D eigenvalue weighted by Gasteiger charge is 2.22. The molecular formula is C23H23N3O4S. The summed E-state index contributed by atoms with van der Waals surface area (Å²) in [6.07, 6.45) is 7.54. The summed E-state index contributed by atoms with van der Waals surface area (Å²) >= 11 is 1.46. The molecule has 0 N–H and O–H groups in total. The number of carbonyl (C=O) groups is 1. The second-order valence-corrected chi connectivity index (χ2v) is 8.72. The Labute approximate surface area is 184 Å². The minimum atomic E-state index is -0.0499. The maximum atomic E-state index is 12.8. The van der Waals surface area contributed by atoms with Gasteiger partial charge in [0.15, 0.2) is 10.8 Å². The van der Waals surface area contributed by atoms with Crippen molar-refractivity contribution in [3.63, 3.8) is 0 Å². The van der Waals surface area contributed by atoms with Crippen LogP contribution in [-0.4, -0.2) is 54.3 Å². The lowest BCUT2D eigenvalue weighted by atomic mass is 9.99. The van der Waals surface area contributed by atoms with Gasteiger partial charge in [-0.05, 0) is 30.5 Å². The Kier molecular flexibility index (Phi) is 5.76. The lowest BCUT2D eigenvalue weighted by Gasteiger charge is -2.16. The summed E-state index contributed by atoms with van der Waals surface area (Å²) in [6.45, 7) is 2.77. The van der Waals surface area contributed by atoms with E-state index in [2.05, 4.69) is 16.0 Å². The number of thiazole rings is 1. The van der Waals surface area contributed by atoms with E-state index in [0.717, 1.165) is 35.4 Å². The van der Waals surface area contributed by atoms with Gasteiger partial charge in [-0.15, -0.1) is 11.3 Å². The predicted octanol–water partition coefficient (Wildman–Crippen LogP) is 3.83. The summed E-state index contributed by atoms with van der Waals surface area (Å²) < 4.78 is 16.4. The van der Waals surface area contributed by atoms with Crippen molar-refractivity contribution < 1.29 is 19.0 Å². The van der Waals surface area contributed by atoms with Crippen LogP contribution in [-0.2, 0) is 15.9 Å². The van der Waals surface area contributed by atoms with Gasteiger partial charge in [0.25, 0.3) is 0 Å². The van der Waals surface area contributed by atoms with Gasteiger partial charge in [-0.2, -0.15) is 0 Å². The van der Waals surface area contributed by atoms with Crippen molar-refractivity contribution in [3.05, 3.63) is 51.7 Å². The van der Waals surface area contributed by atoms with Crippen molar-refractivity contribution in [2.75, 3.05) is 33.5 Å². The van der Waals surface area contributed by atoms with Gasteiger partial charge in [0.1, 0.15) is 11.3 Å². The predicted molar refractivity (Wildman–Crippen MR) is 118 cm³/mol. The molecule has 7 nitrogen and oxygen atoms in total. The third-order valence-electron chi connectivity index (χ3n) is 5.68. The monoisotopic (exact) mass is 437 g/mol. The molecule has 0 spiro atoms. The molecule has 4 heterocycles. The van der Waals surface area contributed by atoms with Crippen molar-refractivity contribution in [1.29, 1.82) is 0 Å². The Morgan fingerprint density at radius 1 is 1.19 bits per heavy atom. The fourth-order valence-electron chi connectivity index (χ4n) is 4.00. The summed E-state index contributed by atoms with van der Waals surface area (Å²) in [5, 5.41) is 0.511. The first-order valence-electron chi connectivity index (χ1n) is 10.4. The topological polar surface area (TPSA) is 83.4 Å². The molecule has 160 valence electrons. The Bertz CT molecular complexity index is 1150. The van der Waals surface area contributed by atoms with E-state index in [4.69, 9.17) is 19.2 Å². The van der Waals surface area contributed by atoms with Gasteiger partial charge in [0.05, 0.1) is 44.6 Å². The Morgan fingerprint density at radius 2 is 2.13 bits per heavy atom. The molecule has 1 aromatic carbocycles. The van der Waals surface area contributed by atoms with Crippen LogP contribution in [0.4, 0.5) is 0 Å². The van der Waals surface area contributed by atoms with Crippen LogP contribution in [0, 0.1) is 0 Å². The molecule has 3 aromatic rings. The standard InChI is InChI=1S/C23H23N3O4S/c1-28-19-3-2-17(14-4-7-29-8-5-14)21-22(19)26-16(11-24-21)10-18(27)23-25-12-20(31-23)15-6-9-30-13-15/h2-4,11-12,15H,5-10,13H2,1H3. The number of hydrogen-bond donors (Lipinski definition) is 0. The number of ether oxygens (including phenoxy) is 3. The summed E-state index contributed by atoms with van der Waals surface area (Å²) in [6, 6.07) is 3.92. The average molecular weight is 438 g/mol. The summed E-state index contributed by atoms with van der Waals surface area (Å²) in [4.78, 5) is 27.7. The van der Waals surface area contributed by atoms with Crippen LogP contribution >= 0.6 is 11.3 Å². The molecule has 8 heteroatoms. The minimum Gasteiger partial charge on any atom is -0.494 e. The highest BCUT2D eigenvalue weighted by Crippen LogP contribution is 2.33. The SMILES string of the molecule is COc1ccc(C2=CCOCC2)c2ncc(CC(=O)c3ncc(C4CCOC4)s3)nc12. The van der Waals surface area contributed by atoms with Crippen LogP contribution < -0.4 is 4.74 Å². The summed E-state index contributed by atoms with van der Waals surface area (Å²) in [5.41, 5.74) is 4.29. The van der Waals surface area contributed by atoms with E-state index in [9.17, 15) is 4.79 Å². The molecule has 1 saturated heterocycles. The fraction of sp³-hybridized carbons (Fsp3) is 0.391. The number of aromatic nitrogens is 3. The number of nitrogens with zero attached hydrogens (tertiary/aromatic N) is 3. The number of carbonyl (C=O) groups excluding carboxylic acids is 1. The van der Waals surface area contributed by atoms with Gasteiger partial charge in [0, 0.05) is 35.4 Å². The molecule has 0 bridgehead atoms. The molecule has 31 heavy (non-hydrogen) atoms. The second kappa shape index (κ2) is 8.82. The number of ketones is 1. The first kappa shape index (κ1) is 20.2. The van der Waals surface area contributed by atoms with Gasteiger partial charge in [-0.1, -0.05) is 6.08 Å². The lowest BCUT2D eigenvalue weighted by Crippen LogP contribution is -2.07. The number of methoxy groups -OCH3 is 1. The molecule has 1 atom stereocenters. The average Bonchev–Trinajstić information content (AvgIpc) is 3.51. The van der Waals surface area contributed by atoms with E-state index < -0.39 is 0 Å². The van der Waals surface area contributed by atoms with Gasteiger partial charge >= 0.3 is 0 Å². The van der Waals surface area contributed by atoms with Crippen molar-refractivity contribution in [3.8, 4) is 5.75 Å². The van der Waals surface area contributed by atoms with E-state index in [1.165, 1.54) is 16.9 Å². The zero-order valence-corrected chi connectivity index (χ0v) is 18.1. The van der Waals surface area contributed by atoms with E-state index in [0.29, 0.717) is 47.7 Å². The number of fused-ring (bicyclic) bond motifs is 1. The van der Waals surface area contributed by atoms with Crippen LogP contribution in [0.15, 0.2) is 30.6 Å². The third kappa shape index (κ3) is 4.11. The Balaban J connectivity index is 1.42. The molecule has 1 fully saturated rings. The lowest BCUT2D eigenvalue weighted by molar-refractivity contribution is 0.0991. The maximum absolute atomic E-state index is 12.8. The molecular weight excluding hydrogens is 414 g/mol. The molecule has 0 amide bonds. The van der Waals surface area contributed by atoms with Gasteiger partial charge in [-0.3, -0.25) is 9.78 Å². The molecule has 1 unspecified atom stereocenters. The zero-order chi connectivity index (χ0) is 21.2. The van der Waals surface area contributed by atoms with E-state index in [1.54, 1.807) is 19.5 Å². The van der Waals surface area contributed by atoms with E-state index in [-0.39, 0.29) is 12.2 Å². The fourth-order valence-corrected chi connectivity index (χ4v) is 4.97. The van der Waals surface area contributed by atoms with Crippen molar-refractivity contribution >= 4 is 33.7 Å². The van der Waals surface area contributed by atoms with Gasteiger partial charge < -0.3 is 14.2 Å². The Morgan fingerprint density at radius 3 is 2.90 bits per heavy atom. The summed E-state index contributed by atoms with van der Waals surface area (Å²) in [7, 11) is 1.62. The first-order chi connectivity index (χ1) is 15.2. The molecule has 0 radical (unpaired) electrons. The number of rotatable bonds is 6. The second-order valence-electron chi connectivity index (χ2n) is 7.66. The molecule has 2 aliphatic heterocycles. The zero-order valence-electron chi connectivity index (χ0n) is 17.3. The first-order valence-corrected chi connectivity index (χ1v) is 11.2. The largest absolute Gasteiger partial charge is 0.494 e. The molecule has 5 rings (SSSR count). The maximum Gasteiger partial charge on any atom is 0.197 e. The smallest absolute Gasteiger partial charge is 0.197 e. The van der Waals surface area contributed by atoms with Gasteiger partial charge in [-0.25, -0.2) is 9.97 Å². The van der Waals surface area contributed by atoms with E-state index >= 15 is 0 Å². The van der Waals surface area contributed by atoms with Gasteiger partial charge in [0.2, 0.25) is 0 Å². The molecule has 2 aliphatic rings. The van der Waals surface area contributed by atoms with Crippen LogP contribution in [0.3, 0.4) is 0 Å². The summed E-state index contributed by atoms with van der Waals surface area (Å²) in [5.74, 6) is 0.943. The van der Waals surface area contributed by atoms with Crippen LogP contribution in [0.25, 0.3) is 16.6 Å². The van der Waals surface area contributed by atoms with E-state index in [1.807, 2.05) is 12.1 Å². The Hall–Kier alpha value is -2.68. The molecule has 0 aliphatic carbocycles. The minimum absolute atomic E-state index is 0.0499. The van der Waals surface area contributed by atoms with Crippen LogP contribution in [0.1, 0.15) is 44.7 Å². The highest BCUT2D eigenvalue weighted by molar-refractivity contribution is 7.13. The number of hydrogen-bond acceptors (Lipinski definition) is 8. The number of Topliss-reactive ketones (excluding diaryl/α,β-unsaturated/α-hetero) is 1. The quantitative estimate of drug-likeness (QED) is 0.542. The normalized spacial score (nSPS) is 18.9.